The minimum Gasteiger partial charge on any atom is -0.420 e. The van der Waals surface area contributed by atoms with Gasteiger partial charge in [0, 0.05) is 60.1 Å². The monoisotopic (exact) mass is 583 g/mol. The number of imide groups is 1. The molecule has 2 N–H and O–H groups in total. The van der Waals surface area contributed by atoms with Gasteiger partial charge in [0.1, 0.15) is 5.82 Å². The second kappa shape index (κ2) is 10.3. The van der Waals surface area contributed by atoms with E-state index in [2.05, 4.69) is 37.5 Å². The molecule has 2 aromatic carbocycles. The Bertz CT molecular complexity index is 1730. The van der Waals surface area contributed by atoms with Gasteiger partial charge in [0.2, 0.25) is 23.6 Å². The summed E-state index contributed by atoms with van der Waals surface area (Å²) in [5, 5.41) is 23.1. The average molecular weight is 584 g/mol. The summed E-state index contributed by atoms with van der Waals surface area (Å²) >= 11 is 0. The third kappa shape index (κ3) is 5.02. The maximum atomic E-state index is 16.2. The van der Waals surface area contributed by atoms with E-state index in [1.54, 1.807) is 24.4 Å². The second-order valence-electron chi connectivity index (χ2n) is 12.9. The van der Waals surface area contributed by atoms with Crippen molar-refractivity contribution in [3.8, 4) is 11.5 Å². The summed E-state index contributed by atoms with van der Waals surface area (Å²) in [4.78, 5) is 30.7. The van der Waals surface area contributed by atoms with Crippen LogP contribution in [-0.2, 0) is 21.7 Å². The van der Waals surface area contributed by atoms with Gasteiger partial charge in [-0.25, -0.2) is 4.39 Å². The quantitative estimate of drug-likeness (QED) is 0.306. The molecule has 1 aliphatic carbocycles. The summed E-state index contributed by atoms with van der Waals surface area (Å²) in [6.45, 7) is 5.78. The van der Waals surface area contributed by atoms with Crippen molar-refractivity contribution in [3.05, 3.63) is 77.1 Å². The fourth-order valence-corrected chi connectivity index (χ4v) is 6.62. The highest BCUT2D eigenvalue weighted by molar-refractivity contribution is 6.01. The molecule has 2 atom stereocenters. The number of halogens is 1. The molecule has 2 saturated heterocycles. The van der Waals surface area contributed by atoms with Crippen LogP contribution in [0.15, 0.2) is 53.1 Å². The van der Waals surface area contributed by atoms with Crippen LogP contribution in [0.2, 0.25) is 0 Å². The number of hydrogen-bond acceptors (Lipinski definition) is 8. The predicted octanol–water partition coefficient (Wildman–Crippen LogP) is 4.94. The number of nitrogens with one attached hydrogen (secondary N) is 1. The molecule has 0 bridgehead atoms. The number of carbonyl (C=O) groups excluding carboxylic acids is 2. The molecule has 1 saturated carbocycles. The van der Waals surface area contributed by atoms with Crippen molar-refractivity contribution < 1.29 is 23.5 Å². The van der Waals surface area contributed by atoms with Crippen LogP contribution in [0.1, 0.15) is 80.4 Å². The van der Waals surface area contributed by atoms with Crippen LogP contribution in [-0.4, -0.2) is 50.1 Å². The first kappa shape index (κ1) is 27.8. The van der Waals surface area contributed by atoms with Crippen molar-refractivity contribution in [2.24, 2.45) is 5.41 Å². The normalized spacial score (nSPS) is 24.3. The zero-order valence-electron chi connectivity index (χ0n) is 24.3. The molecule has 2 aliphatic heterocycles. The van der Waals surface area contributed by atoms with Gasteiger partial charge in [-0.3, -0.25) is 24.8 Å². The zero-order valence-corrected chi connectivity index (χ0v) is 24.3. The van der Waals surface area contributed by atoms with E-state index in [9.17, 15) is 14.7 Å². The van der Waals surface area contributed by atoms with E-state index >= 15 is 4.39 Å². The summed E-state index contributed by atoms with van der Waals surface area (Å²) in [6, 6.07) is 13.1. The van der Waals surface area contributed by atoms with Crippen LogP contribution >= 0.6 is 0 Å². The molecule has 222 valence electrons. The van der Waals surface area contributed by atoms with E-state index in [-0.39, 0.29) is 23.3 Å². The number of aliphatic hydroxyl groups is 1. The number of aromatic nitrogens is 3. The molecule has 2 amide bonds. The molecule has 2 unspecified atom stereocenters. The van der Waals surface area contributed by atoms with Gasteiger partial charge in [-0.1, -0.05) is 32.0 Å². The predicted molar refractivity (Wildman–Crippen MR) is 156 cm³/mol. The average Bonchev–Trinajstić information content (AvgIpc) is 3.72. The topological polar surface area (TPSA) is 121 Å². The van der Waals surface area contributed by atoms with E-state index in [0.29, 0.717) is 55.4 Å². The Balaban J connectivity index is 1.09. The van der Waals surface area contributed by atoms with Crippen LogP contribution in [0.25, 0.3) is 22.4 Å². The van der Waals surface area contributed by atoms with Gasteiger partial charge in [-0.05, 0) is 61.1 Å². The fourth-order valence-electron chi connectivity index (χ4n) is 6.62. The third-order valence-electron chi connectivity index (χ3n) is 9.41. The summed E-state index contributed by atoms with van der Waals surface area (Å²) in [5.41, 5.74) is 1.17. The highest BCUT2D eigenvalue weighted by Gasteiger charge is 2.50. The molecule has 3 fully saturated rings. The smallest absolute Gasteiger partial charge is 0.247 e. The lowest BCUT2D eigenvalue weighted by atomic mass is 9.66. The summed E-state index contributed by atoms with van der Waals surface area (Å²) in [6.07, 6.45) is 4.72. The van der Waals surface area contributed by atoms with Gasteiger partial charge in [-0.2, -0.15) is 0 Å². The Morgan fingerprint density at radius 3 is 2.60 bits per heavy atom. The van der Waals surface area contributed by atoms with Crippen molar-refractivity contribution >= 4 is 22.7 Å². The largest absolute Gasteiger partial charge is 0.420 e. The minimum atomic E-state index is -1.41. The number of pyridine rings is 1. The second-order valence-corrected chi connectivity index (χ2v) is 12.9. The number of benzene rings is 2. The SMILES string of the molecule is CC1(C)CN(Cc2ccc(-c3nnc(C4CC4)o3)cc2)CCC1(O)c1ccc2ncc(C3CCC(=O)NC3=O)cc2c1F. The van der Waals surface area contributed by atoms with Gasteiger partial charge >= 0.3 is 0 Å². The third-order valence-corrected chi connectivity index (χ3v) is 9.41. The molecular weight excluding hydrogens is 549 g/mol. The first-order valence-corrected chi connectivity index (χ1v) is 14.9. The molecule has 4 aromatic rings. The molecule has 10 heteroatoms. The highest BCUT2D eigenvalue weighted by atomic mass is 19.1. The first-order chi connectivity index (χ1) is 20.6. The Labute approximate surface area is 248 Å². The molecule has 9 nitrogen and oxygen atoms in total. The molecule has 0 spiro atoms. The van der Waals surface area contributed by atoms with E-state index in [4.69, 9.17) is 4.42 Å². The summed E-state index contributed by atoms with van der Waals surface area (Å²) in [7, 11) is 0. The number of likely N-dealkylation sites (tertiary alicyclic amines) is 1. The molecule has 2 aromatic heterocycles. The summed E-state index contributed by atoms with van der Waals surface area (Å²) < 4.78 is 22.1. The van der Waals surface area contributed by atoms with Crippen LogP contribution in [0.4, 0.5) is 4.39 Å². The molecular formula is C33H34FN5O4. The van der Waals surface area contributed by atoms with E-state index < -0.39 is 28.7 Å². The minimum absolute atomic E-state index is 0.228. The fraction of sp³-hybridized carbons (Fsp3) is 0.424. The van der Waals surface area contributed by atoms with Crippen LogP contribution in [0, 0.1) is 11.2 Å². The van der Waals surface area contributed by atoms with Crippen LogP contribution in [0.3, 0.4) is 0 Å². The van der Waals surface area contributed by atoms with Gasteiger partial charge in [0.05, 0.1) is 17.0 Å². The number of hydrogen-bond donors (Lipinski definition) is 2. The van der Waals surface area contributed by atoms with Gasteiger partial charge in [-0.15, -0.1) is 10.2 Å². The van der Waals surface area contributed by atoms with E-state index in [1.807, 2.05) is 26.0 Å². The summed E-state index contributed by atoms with van der Waals surface area (Å²) in [5.74, 6) is -0.121. The Morgan fingerprint density at radius 2 is 1.88 bits per heavy atom. The number of amides is 2. The Hall–Kier alpha value is -4.02. The van der Waals surface area contributed by atoms with E-state index in [0.717, 1.165) is 29.9 Å². The van der Waals surface area contributed by atoms with Gasteiger partial charge in [0.25, 0.3) is 0 Å². The number of nitrogens with zero attached hydrogens (tertiary/aromatic N) is 4. The molecule has 0 radical (unpaired) electrons. The standard InChI is InChI=1S/C33H34FN5O4/c1-32(2)18-39(17-19-3-5-20(6-4-19)30-37-38-31(43-30)21-7-8-21)14-13-33(32,42)25-10-11-26-24(28(25)34)15-22(16-35-26)23-9-12-27(40)36-29(23)41/h3-6,10-11,15-16,21,23,42H,7-9,12-14,17-18H2,1-2H3,(H,36,40,41). The van der Waals surface area contributed by atoms with Crippen molar-refractivity contribution in [2.45, 2.75) is 69.9 Å². The molecule has 7 rings (SSSR count). The number of piperidine rings is 2. The molecule has 4 heterocycles. The van der Waals surface area contributed by atoms with Gasteiger partial charge < -0.3 is 9.52 Å². The zero-order chi connectivity index (χ0) is 29.9. The van der Waals surface area contributed by atoms with Crippen molar-refractivity contribution in [3.63, 3.8) is 0 Å². The first-order valence-electron chi connectivity index (χ1n) is 14.9. The van der Waals surface area contributed by atoms with Crippen LogP contribution < -0.4 is 5.32 Å². The number of carbonyl (C=O) groups is 2. The van der Waals surface area contributed by atoms with Crippen molar-refractivity contribution in [1.82, 2.24) is 25.4 Å². The van der Waals surface area contributed by atoms with Crippen molar-refractivity contribution in [2.75, 3.05) is 13.1 Å². The molecule has 3 aliphatic rings. The maximum Gasteiger partial charge on any atom is 0.247 e. The van der Waals surface area contributed by atoms with Gasteiger partial charge in [0.15, 0.2) is 0 Å². The Kier molecular flexibility index (Phi) is 6.66. The lowest BCUT2D eigenvalue weighted by Crippen LogP contribution is -2.55. The number of rotatable bonds is 6. The van der Waals surface area contributed by atoms with E-state index in [1.165, 1.54) is 0 Å². The lowest BCUT2D eigenvalue weighted by Gasteiger charge is -2.50. The highest BCUT2D eigenvalue weighted by Crippen LogP contribution is 2.48. The lowest BCUT2D eigenvalue weighted by molar-refractivity contribution is -0.134. The number of fused-ring (bicyclic) bond motifs is 1. The van der Waals surface area contributed by atoms with Crippen LogP contribution in [0.5, 0.6) is 0 Å². The maximum absolute atomic E-state index is 16.2. The van der Waals surface area contributed by atoms with Crippen molar-refractivity contribution in [1.29, 1.82) is 0 Å². The molecule has 43 heavy (non-hydrogen) atoms. The Morgan fingerprint density at radius 1 is 1.09 bits per heavy atom.